The molecule has 0 heterocycles. The molecule has 2 nitrogen and oxygen atoms in total. The summed E-state index contributed by atoms with van der Waals surface area (Å²) in [5.74, 6) is 0.905. The molecule has 3 heteroatoms. The molecule has 0 aromatic rings. The molecule has 0 fully saturated rings. The van der Waals surface area contributed by atoms with Crippen molar-refractivity contribution in [3.63, 3.8) is 0 Å². The summed E-state index contributed by atoms with van der Waals surface area (Å²) in [5, 5.41) is 0.782. The van der Waals surface area contributed by atoms with Crippen LogP contribution >= 0.6 is 10.0 Å². The number of rotatable bonds is 7. The molecule has 0 amide bonds. The second-order valence-corrected chi connectivity index (χ2v) is 9.28. The maximum absolute atomic E-state index is 11.1. The Labute approximate surface area is 102 Å². The van der Waals surface area contributed by atoms with Crippen LogP contribution in [0.15, 0.2) is 12.2 Å². The topological polar surface area (TPSA) is 26.3 Å². The maximum Gasteiger partial charge on any atom is 0.333 e. The Morgan fingerprint density at radius 1 is 1.44 bits per heavy atom. The molecular weight excluding hydrogens is 220 g/mol. The van der Waals surface area contributed by atoms with Gasteiger partial charge in [0.05, 0.1) is 6.61 Å². The SMILES string of the molecule is C=C(C)C(=O)OCCCS(C)(C)C(C)CC. The van der Waals surface area contributed by atoms with Crippen LogP contribution in [0.3, 0.4) is 0 Å². The fraction of sp³-hybridized carbons (Fsp3) is 0.769. The molecule has 0 saturated carbocycles. The normalized spacial score (nSPS) is 14.3. The lowest BCUT2D eigenvalue weighted by atomic mass is 10.4. The molecule has 1 atom stereocenters. The van der Waals surface area contributed by atoms with Crippen molar-refractivity contribution in [1.29, 1.82) is 0 Å². The third kappa shape index (κ3) is 5.59. The summed E-state index contributed by atoms with van der Waals surface area (Å²) in [6.45, 7) is 10.3. The molecule has 0 rings (SSSR count). The third-order valence-corrected chi connectivity index (χ3v) is 6.91. The first-order valence-electron chi connectivity index (χ1n) is 5.83. The van der Waals surface area contributed by atoms with Gasteiger partial charge in [0.15, 0.2) is 0 Å². The summed E-state index contributed by atoms with van der Waals surface area (Å²) in [5.41, 5.74) is 0.480. The molecule has 0 aliphatic heterocycles. The van der Waals surface area contributed by atoms with Crippen LogP contribution in [0.25, 0.3) is 0 Å². The smallest absolute Gasteiger partial charge is 0.333 e. The van der Waals surface area contributed by atoms with Gasteiger partial charge in [-0.25, -0.2) is 14.8 Å². The Morgan fingerprint density at radius 3 is 2.44 bits per heavy atom. The number of ether oxygens (including phenoxy) is 1. The van der Waals surface area contributed by atoms with Crippen molar-refractivity contribution < 1.29 is 9.53 Å². The van der Waals surface area contributed by atoms with Crippen LogP contribution in [0.5, 0.6) is 0 Å². The van der Waals surface area contributed by atoms with Gasteiger partial charge in [-0.15, -0.1) is 0 Å². The van der Waals surface area contributed by atoms with Crippen LogP contribution in [0.4, 0.5) is 0 Å². The van der Waals surface area contributed by atoms with Gasteiger partial charge in [0.2, 0.25) is 0 Å². The monoisotopic (exact) mass is 246 g/mol. The lowest BCUT2D eigenvalue weighted by Crippen LogP contribution is -2.17. The predicted octanol–water partition coefficient (Wildman–Crippen LogP) is 3.36. The summed E-state index contributed by atoms with van der Waals surface area (Å²) in [4.78, 5) is 11.1. The van der Waals surface area contributed by atoms with Gasteiger partial charge in [-0.3, -0.25) is 0 Å². The Bertz CT molecular complexity index is 246. The number of carbonyl (C=O) groups is 1. The van der Waals surface area contributed by atoms with Crippen molar-refractivity contribution in [3.05, 3.63) is 12.2 Å². The molecule has 0 radical (unpaired) electrons. The third-order valence-electron chi connectivity index (χ3n) is 3.06. The minimum atomic E-state index is -0.542. The Balaban J connectivity index is 3.82. The van der Waals surface area contributed by atoms with Crippen molar-refractivity contribution in [2.45, 2.75) is 38.9 Å². The van der Waals surface area contributed by atoms with Gasteiger partial charge >= 0.3 is 5.97 Å². The highest BCUT2D eigenvalue weighted by Gasteiger charge is 2.18. The number of hydrogen-bond donors (Lipinski definition) is 0. The van der Waals surface area contributed by atoms with E-state index in [1.54, 1.807) is 6.92 Å². The minimum absolute atomic E-state index is 0.267. The number of carbonyl (C=O) groups excluding carboxylic acids is 1. The van der Waals surface area contributed by atoms with E-state index in [1.807, 2.05) is 0 Å². The number of esters is 1. The van der Waals surface area contributed by atoms with Crippen LogP contribution in [0, 0.1) is 0 Å². The van der Waals surface area contributed by atoms with E-state index in [1.165, 1.54) is 12.2 Å². The second-order valence-electron chi connectivity index (χ2n) is 4.82. The Hall–Kier alpha value is -0.440. The van der Waals surface area contributed by atoms with Crippen LogP contribution in [0.2, 0.25) is 0 Å². The summed E-state index contributed by atoms with van der Waals surface area (Å²) >= 11 is 0. The van der Waals surface area contributed by atoms with Crippen molar-refractivity contribution in [3.8, 4) is 0 Å². The van der Waals surface area contributed by atoms with Crippen LogP contribution in [0.1, 0.15) is 33.6 Å². The first-order valence-corrected chi connectivity index (χ1v) is 8.52. The fourth-order valence-corrected chi connectivity index (χ4v) is 3.54. The van der Waals surface area contributed by atoms with Gasteiger partial charge < -0.3 is 4.74 Å². The van der Waals surface area contributed by atoms with E-state index in [4.69, 9.17) is 4.74 Å². The van der Waals surface area contributed by atoms with E-state index >= 15 is 0 Å². The van der Waals surface area contributed by atoms with Crippen molar-refractivity contribution in [2.24, 2.45) is 0 Å². The first kappa shape index (κ1) is 15.6. The summed E-state index contributed by atoms with van der Waals surface area (Å²) in [6, 6.07) is 0. The average molecular weight is 246 g/mol. The average Bonchev–Trinajstić information content (AvgIpc) is 2.22. The van der Waals surface area contributed by atoms with Gasteiger partial charge in [0.1, 0.15) is 0 Å². The van der Waals surface area contributed by atoms with Crippen LogP contribution in [-0.4, -0.2) is 36.1 Å². The molecule has 0 aliphatic carbocycles. The van der Waals surface area contributed by atoms with E-state index in [0.29, 0.717) is 12.2 Å². The lowest BCUT2D eigenvalue weighted by Gasteiger charge is -2.37. The Kier molecular flexibility index (Phi) is 6.81. The molecular formula is C13H26O2S. The molecule has 96 valence electrons. The van der Waals surface area contributed by atoms with E-state index in [9.17, 15) is 4.79 Å². The quantitative estimate of drug-likeness (QED) is 0.391. The van der Waals surface area contributed by atoms with Crippen molar-refractivity contribution >= 4 is 16.0 Å². The van der Waals surface area contributed by atoms with Gasteiger partial charge in [0, 0.05) is 5.57 Å². The molecule has 0 aliphatic rings. The highest BCUT2D eigenvalue weighted by molar-refractivity contribution is 8.33. The molecule has 0 spiro atoms. The highest BCUT2D eigenvalue weighted by Crippen LogP contribution is 2.46. The van der Waals surface area contributed by atoms with E-state index in [-0.39, 0.29) is 5.97 Å². The predicted molar refractivity (Wildman–Crippen MR) is 74.4 cm³/mol. The Morgan fingerprint density at radius 2 is 2.00 bits per heavy atom. The van der Waals surface area contributed by atoms with E-state index in [2.05, 4.69) is 32.9 Å². The fourth-order valence-electron chi connectivity index (χ4n) is 1.37. The molecule has 1 unspecified atom stereocenters. The zero-order chi connectivity index (χ0) is 12.8. The van der Waals surface area contributed by atoms with Gasteiger partial charge in [0.25, 0.3) is 0 Å². The summed E-state index contributed by atoms with van der Waals surface area (Å²) < 4.78 is 5.09. The number of hydrogen-bond acceptors (Lipinski definition) is 2. The second kappa shape index (κ2) is 7.00. The molecule has 0 aromatic carbocycles. The van der Waals surface area contributed by atoms with E-state index in [0.717, 1.165) is 11.7 Å². The standard InChI is InChI=1S/C13H26O2S/c1-7-12(4)16(5,6)10-8-9-15-13(14)11(2)3/h12H,2,7-10H2,1,3-6H3. The highest BCUT2D eigenvalue weighted by atomic mass is 32.3. The van der Waals surface area contributed by atoms with Crippen LogP contribution in [-0.2, 0) is 9.53 Å². The lowest BCUT2D eigenvalue weighted by molar-refractivity contribution is -0.138. The zero-order valence-electron chi connectivity index (χ0n) is 11.3. The van der Waals surface area contributed by atoms with E-state index < -0.39 is 10.0 Å². The minimum Gasteiger partial charge on any atom is -0.462 e. The van der Waals surface area contributed by atoms with Gasteiger partial charge in [-0.05, 0) is 43.3 Å². The van der Waals surface area contributed by atoms with Gasteiger partial charge in [-0.2, -0.15) is 0 Å². The zero-order valence-corrected chi connectivity index (χ0v) is 12.2. The summed E-state index contributed by atoms with van der Waals surface area (Å²) in [6.07, 6.45) is 6.92. The van der Waals surface area contributed by atoms with Crippen molar-refractivity contribution in [2.75, 3.05) is 24.9 Å². The largest absolute Gasteiger partial charge is 0.462 e. The molecule has 0 aromatic heterocycles. The molecule has 0 saturated heterocycles. The summed E-state index contributed by atoms with van der Waals surface area (Å²) in [7, 11) is -0.542. The van der Waals surface area contributed by atoms with Gasteiger partial charge in [-0.1, -0.05) is 20.4 Å². The molecule has 0 bridgehead atoms. The van der Waals surface area contributed by atoms with Crippen molar-refractivity contribution in [1.82, 2.24) is 0 Å². The van der Waals surface area contributed by atoms with Crippen LogP contribution < -0.4 is 0 Å². The molecule has 0 N–H and O–H groups in total. The maximum atomic E-state index is 11.1. The molecule has 16 heavy (non-hydrogen) atoms. The first-order chi connectivity index (χ1) is 7.31.